The minimum atomic E-state index is 0. The van der Waals surface area contributed by atoms with Crippen LogP contribution < -0.4 is 50.9 Å². The summed E-state index contributed by atoms with van der Waals surface area (Å²) in [6.45, 7) is 46.9. The van der Waals surface area contributed by atoms with E-state index in [1.165, 1.54) is 286 Å². The number of rotatable bonds is 7. The topological polar surface area (TPSA) is 65.9 Å². The lowest BCUT2D eigenvalue weighted by molar-refractivity contribution is -0.989. The van der Waals surface area contributed by atoms with Crippen LogP contribution in [-0.4, -0.2) is 336 Å². The average Bonchev–Trinajstić information content (AvgIpc) is 4.06. The third kappa shape index (κ3) is 11.3. The van der Waals surface area contributed by atoms with Gasteiger partial charge >= 0.3 is 0 Å². The fraction of sp³-hybridized carbons (Fsp3) is 0.790. The molecule has 0 spiro atoms. The number of hydrogen-bond acceptors (Lipinski definition) is 14. The van der Waals surface area contributed by atoms with E-state index >= 15 is 0 Å². The zero-order valence-corrected chi connectivity index (χ0v) is 56.5. The van der Waals surface area contributed by atoms with E-state index in [1.54, 1.807) is 17.2 Å². The molecule has 460 valence electrons. The first-order chi connectivity index (χ1) is 39.3. The highest BCUT2D eigenvalue weighted by Gasteiger charge is 2.62. The molecule has 16 heterocycles. The van der Waals surface area contributed by atoms with Crippen LogP contribution in [0.25, 0.3) is 0 Å². The lowest BCUT2D eigenvalue weighted by Gasteiger charge is -2.65. The maximum atomic E-state index is 7.32. The van der Waals surface area contributed by atoms with E-state index in [2.05, 4.69) is 128 Å². The van der Waals surface area contributed by atoms with E-state index in [9.17, 15) is 0 Å². The number of piperazine rings is 8. The van der Waals surface area contributed by atoms with Gasteiger partial charge in [-0.15, -0.1) is 0 Å². The molecule has 21 heteroatoms. The third-order valence-electron chi connectivity index (χ3n) is 23.9. The maximum absolute atomic E-state index is 7.32. The standard InChI is InChI=1S/C30H48N8.C20H30BrN4.C10H18N4.C2H3N.3BrH/c1-7-31-12-14-35-9-2-19-37(20-16-32(8-1)27(31)29(35)37)23-25-3-5-26(6-4-25)24-38-21-17-34-11-10-33-13-15-36(18-22-38)30(38)28(33)34;21-15-17-3-5-18(6-4-17)16-25-13-2-9-24-11-10-22-7-1-8-23(12-14-25)19(22)20(24)25;1-2-12-7-8-14-4-3-13-6-5-11(1)9(12)10(13)14;1-2-3;;;/h3-6,27-30H,1-2,7-24H2;3-6,19-20H,1-2,7-16H2;9-10H,1-8H2;1H3;3*1H/q+2;+1;;;;;/p-3. The van der Waals surface area contributed by atoms with Gasteiger partial charge in [0, 0.05) is 205 Å². The summed E-state index contributed by atoms with van der Waals surface area (Å²) in [6.07, 6.45) is 11.0. The summed E-state index contributed by atoms with van der Waals surface area (Å²) < 4.78 is 3.91. The summed E-state index contributed by atoms with van der Waals surface area (Å²) >= 11 is 3.57. The van der Waals surface area contributed by atoms with Gasteiger partial charge in [0.15, 0.2) is 18.5 Å². The monoisotopic (exact) mass is 1400 g/mol. The van der Waals surface area contributed by atoms with Gasteiger partial charge in [-0.2, -0.15) is 5.26 Å². The highest BCUT2D eigenvalue weighted by Crippen LogP contribution is 2.43. The zero-order valence-electron chi connectivity index (χ0n) is 50.1. The Kier molecular flexibility index (Phi) is 19.7. The fourth-order valence-electron chi connectivity index (χ4n) is 20.3. The van der Waals surface area contributed by atoms with Crippen LogP contribution in [0.4, 0.5) is 0 Å². The lowest BCUT2D eigenvalue weighted by atomic mass is 9.96. The number of quaternary nitrogens is 3. The smallest absolute Gasteiger partial charge is 0.175 e. The van der Waals surface area contributed by atoms with Crippen LogP contribution in [0.1, 0.15) is 54.9 Å². The fourth-order valence-corrected chi connectivity index (χ4v) is 20.7. The molecule has 0 saturated carbocycles. The average molecular weight is 1400 g/mol. The zero-order chi connectivity index (χ0) is 53.6. The number of nitriles is 1. The number of hydrogen-bond donors (Lipinski definition) is 0. The second-order valence-electron chi connectivity index (χ2n) is 27.7. The number of alkyl halides is 1. The van der Waals surface area contributed by atoms with Crippen molar-refractivity contribution in [2.45, 2.75) is 107 Å². The summed E-state index contributed by atoms with van der Waals surface area (Å²) in [6, 6.07) is 21.2. The molecule has 9 atom stereocenters. The van der Waals surface area contributed by atoms with Gasteiger partial charge < -0.3 is 64.4 Å². The number of benzene rings is 2. The van der Waals surface area contributed by atoms with Gasteiger partial charge in [-0.05, 0) is 18.4 Å². The Hall–Kier alpha value is -0.790. The maximum Gasteiger partial charge on any atom is 0.175 e. The molecule has 2 aromatic rings. The predicted molar refractivity (Wildman–Crippen MR) is 317 cm³/mol. The molecular weight excluding hydrogens is 1300 g/mol. The molecule has 0 bridgehead atoms. The molecule has 0 N–H and O–H groups in total. The van der Waals surface area contributed by atoms with Crippen molar-refractivity contribution in [2.24, 2.45) is 0 Å². The van der Waals surface area contributed by atoms with Crippen LogP contribution in [0.15, 0.2) is 48.5 Å². The van der Waals surface area contributed by atoms with Crippen molar-refractivity contribution in [1.29, 1.82) is 5.26 Å². The van der Waals surface area contributed by atoms with E-state index in [4.69, 9.17) is 5.26 Å². The summed E-state index contributed by atoms with van der Waals surface area (Å²) in [7, 11) is 0. The van der Waals surface area contributed by atoms with E-state index in [0.29, 0.717) is 37.0 Å². The second kappa shape index (κ2) is 26.2. The Bertz CT molecular complexity index is 2470. The van der Waals surface area contributed by atoms with Crippen molar-refractivity contribution < 1.29 is 64.4 Å². The Morgan fingerprint density at radius 1 is 0.325 bits per heavy atom. The van der Waals surface area contributed by atoms with Crippen LogP contribution >= 0.6 is 15.9 Å². The molecule has 0 amide bonds. The predicted octanol–water partition coefficient (Wildman–Crippen LogP) is -6.94. The van der Waals surface area contributed by atoms with Gasteiger partial charge in [0.2, 0.25) is 0 Å². The van der Waals surface area contributed by atoms with Gasteiger partial charge in [-0.3, -0.25) is 58.8 Å². The van der Waals surface area contributed by atoms with Crippen LogP contribution in [0.2, 0.25) is 0 Å². The van der Waals surface area contributed by atoms with Crippen molar-refractivity contribution in [2.75, 3.05) is 209 Å². The Balaban J connectivity index is 0.000000130. The molecule has 18 rings (SSSR count). The largest absolute Gasteiger partial charge is 1.00 e. The van der Waals surface area contributed by atoms with Crippen LogP contribution in [0.5, 0.6) is 0 Å². The summed E-state index contributed by atoms with van der Waals surface area (Å²) in [5.74, 6) is 0. The van der Waals surface area contributed by atoms with E-state index in [1.807, 2.05) is 0 Å². The van der Waals surface area contributed by atoms with Gasteiger partial charge in [0.25, 0.3) is 0 Å². The van der Waals surface area contributed by atoms with Gasteiger partial charge in [0.05, 0.1) is 64.2 Å². The summed E-state index contributed by atoms with van der Waals surface area (Å²) in [4.78, 5) is 36.2. The van der Waals surface area contributed by atoms with Gasteiger partial charge in [0.1, 0.15) is 38.1 Å². The SMILES string of the molecule is BrCc1ccc(C[N+]23CCCN4CCN5CCCN(CC2)C5C43)cc1.C1CN2CCN3CCN4CCN1C2C43.CC#N.[Br-].[Br-].[Br-].c1cc(C[N+]23CCN4CCN5CCN(CC2)C3C54)ccc1C[N+]12CCCN3CCN4CCCN(CC1)C4C32. The molecule has 2 aromatic carbocycles. The Morgan fingerprint density at radius 3 is 0.867 bits per heavy atom. The van der Waals surface area contributed by atoms with Gasteiger partial charge in [-0.25, -0.2) is 4.90 Å². The van der Waals surface area contributed by atoms with Crippen LogP contribution in [0.3, 0.4) is 0 Å². The molecular formula is C62H99Br4N17. The van der Waals surface area contributed by atoms with E-state index < -0.39 is 0 Å². The molecule has 83 heavy (non-hydrogen) atoms. The molecule has 16 fully saturated rings. The number of halogens is 4. The first-order valence-corrected chi connectivity index (χ1v) is 33.7. The molecule has 16 aliphatic heterocycles. The molecule has 16 aliphatic rings. The highest BCUT2D eigenvalue weighted by atomic mass is 79.9. The normalized spacial score (nSPS) is 38.6. The van der Waals surface area contributed by atoms with E-state index in [0.717, 1.165) is 17.7 Å². The first-order valence-electron chi connectivity index (χ1n) is 32.6. The Morgan fingerprint density at radius 2 is 0.542 bits per heavy atom. The summed E-state index contributed by atoms with van der Waals surface area (Å²) in [5, 5.41) is 8.27. The molecule has 0 radical (unpaired) electrons. The number of nitrogens with zero attached hydrogens (tertiary/aromatic N) is 17. The van der Waals surface area contributed by atoms with E-state index in [-0.39, 0.29) is 50.9 Å². The van der Waals surface area contributed by atoms with Crippen LogP contribution in [-0.2, 0) is 25.0 Å². The third-order valence-corrected chi connectivity index (χ3v) is 24.6. The van der Waals surface area contributed by atoms with Crippen molar-refractivity contribution >= 4 is 15.9 Å². The Labute approximate surface area is 538 Å². The van der Waals surface area contributed by atoms with Crippen molar-refractivity contribution in [3.05, 3.63) is 70.8 Å². The van der Waals surface area contributed by atoms with Crippen LogP contribution in [0, 0.1) is 11.3 Å². The minimum absolute atomic E-state index is 0. The molecule has 16 saturated heterocycles. The minimum Gasteiger partial charge on any atom is -1.00 e. The molecule has 0 aliphatic carbocycles. The van der Waals surface area contributed by atoms with Crippen molar-refractivity contribution in [3.8, 4) is 6.07 Å². The quantitative estimate of drug-likeness (QED) is 0.195. The summed E-state index contributed by atoms with van der Waals surface area (Å²) in [5.41, 5.74) is 6.04. The van der Waals surface area contributed by atoms with Crippen molar-refractivity contribution in [1.82, 2.24) is 63.7 Å². The molecule has 0 aromatic heterocycles. The lowest BCUT2D eigenvalue weighted by Crippen LogP contribution is -3.00. The highest BCUT2D eigenvalue weighted by molar-refractivity contribution is 9.08. The van der Waals surface area contributed by atoms with Gasteiger partial charge in [-0.1, -0.05) is 64.5 Å². The van der Waals surface area contributed by atoms with Crippen molar-refractivity contribution in [3.63, 3.8) is 0 Å². The molecule has 17 nitrogen and oxygen atoms in total. The molecule has 9 unspecified atom stereocenters. The first kappa shape index (κ1) is 62.4. The second-order valence-corrected chi connectivity index (χ2v) is 28.2.